The molecule has 3 aromatic rings. The first kappa shape index (κ1) is 24.7. The number of fused-ring (bicyclic) bond motifs is 1. The number of aromatic hydroxyl groups is 1. The molecule has 2 heterocycles. The van der Waals surface area contributed by atoms with E-state index in [1.165, 1.54) is 37.2 Å². The summed E-state index contributed by atoms with van der Waals surface area (Å²) >= 11 is 1.71. The zero-order valence-electron chi connectivity index (χ0n) is 19.0. The molecule has 1 aliphatic heterocycles. The van der Waals surface area contributed by atoms with Crippen LogP contribution in [-0.2, 0) is 6.42 Å². The molecular formula is C26H34ClNO3S. The normalized spacial score (nSPS) is 14.5. The quantitative estimate of drug-likeness (QED) is 0.353. The summed E-state index contributed by atoms with van der Waals surface area (Å²) in [5.41, 5.74) is 0. The van der Waals surface area contributed by atoms with E-state index in [-0.39, 0.29) is 12.4 Å². The van der Waals surface area contributed by atoms with E-state index in [1.54, 1.807) is 17.4 Å². The first-order valence-corrected chi connectivity index (χ1v) is 12.3. The van der Waals surface area contributed by atoms with Crippen molar-refractivity contribution in [2.45, 2.75) is 46.0 Å². The van der Waals surface area contributed by atoms with Gasteiger partial charge in [0.25, 0.3) is 0 Å². The van der Waals surface area contributed by atoms with E-state index in [1.807, 2.05) is 36.4 Å². The third-order valence-electron chi connectivity index (χ3n) is 5.81. The number of aryl methyl sites for hydroxylation is 1. The highest BCUT2D eigenvalue weighted by Crippen LogP contribution is 2.42. The molecule has 32 heavy (non-hydrogen) atoms. The Morgan fingerprint density at radius 2 is 1.72 bits per heavy atom. The summed E-state index contributed by atoms with van der Waals surface area (Å²) < 4.78 is 13.4. The third kappa shape index (κ3) is 6.53. The number of piperidine rings is 1. The molecule has 0 amide bonds. The number of likely N-dealkylation sites (tertiary alicyclic amines) is 1. The highest BCUT2D eigenvalue weighted by molar-refractivity contribution is 7.19. The molecule has 1 aromatic heterocycles. The zero-order chi connectivity index (χ0) is 21.6. The molecular weight excluding hydrogens is 442 g/mol. The lowest BCUT2D eigenvalue weighted by Gasteiger charge is -2.26. The molecule has 0 atom stereocenters. The lowest BCUT2D eigenvalue weighted by molar-refractivity contribution is 0.183. The minimum absolute atomic E-state index is 0. The number of benzene rings is 2. The first-order valence-electron chi connectivity index (χ1n) is 11.5. The number of phenols is 1. The molecule has 0 saturated carbocycles. The van der Waals surface area contributed by atoms with Crippen molar-refractivity contribution in [3.63, 3.8) is 0 Å². The van der Waals surface area contributed by atoms with Crippen LogP contribution in [0.15, 0.2) is 42.5 Å². The molecule has 0 unspecified atom stereocenters. The second-order valence-corrected chi connectivity index (χ2v) is 9.93. The van der Waals surface area contributed by atoms with Crippen molar-refractivity contribution in [2.75, 3.05) is 26.2 Å². The Morgan fingerprint density at radius 3 is 2.44 bits per heavy atom. The predicted molar refractivity (Wildman–Crippen MR) is 136 cm³/mol. The van der Waals surface area contributed by atoms with Crippen LogP contribution >= 0.6 is 23.7 Å². The number of halogens is 1. The van der Waals surface area contributed by atoms with Crippen molar-refractivity contribution in [1.29, 1.82) is 0 Å². The van der Waals surface area contributed by atoms with Gasteiger partial charge in [0, 0.05) is 21.5 Å². The van der Waals surface area contributed by atoms with E-state index >= 15 is 0 Å². The molecule has 0 bridgehead atoms. The number of rotatable bonds is 9. The van der Waals surface area contributed by atoms with Crippen LogP contribution in [-0.4, -0.2) is 36.2 Å². The van der Waals surface area contributed by atoms with Gasteiger partial charge >= 0.3 is 0 Å². The monoisotopic (exact) mass is 475 g/mol. The van der Waals surface area contributed by atoms with Crippen LogP contribution < -0.4 is 9.47 Å². The number of hydrogen-bond donors (Lipinski definition) is 1. The minimum atomic E-state index is 0. The Hall–Kier alpha value is -1.95. The molecule has 2 aromatic carbocycles. The molecule has 1 N–H and O–H groups in total. The van der Waals surface area contributed by atoms with Gasteiger partial charge in [-0.25, -0.2) is 0 Å². The van der Waals surface area contributed by atoms with Crippen molar-refractivity contribution in [3.05, 3.63) is 47.3 Å². The molecule has 1 aliphatic rings. The maximum atomic E-state index is 9.87. The van der Waals surface area contributed by atoms with Gasteiger partial charge in [-0.3, -0.25) is 4.90 Å². The molecule has 1 saturated heterocycles. The summed E-state index contributed by atoms with van der Waals surface area (Å²) in [7, 11) is 0. The molecule has 1 fully saturated rings. The van der Waals surface area contributed by atoms with Gasteiger partial charge in [-0.2, -0.15) is 0 Å². The number of hydrogen-bond acceptors (Lipinski definition) is 5. The summed E-state index contributed by atoms with van der Waals surface area (Å²) in [5.74, 6) is 3.53. The fourth-order valence-electron chi connectivity index (χ4n) is 4.01. The molecule has 0 aliphatic carbocycles. The topological polar surface area (TPSA) is 41.9 Å². The zero-order valence-corrected chi connectivity index (χ0v) is 20.6. The van der Waals surface area contributed by atoms with E-state index in [0.717, 1.165) is 53.3 Å². The Bertz CT molecular complexity index is 981. The van der Waals surface area contributed by atoms with Gasteiger partial charge < -0.3 is 14.6 Å². The molecule has 4 nitrogen and oxygen atoms in total. The molecule has 174 valence electrons. The average Bonchev–Trinajstić information content (AvgIpc) is 3.10. The van der Waals surface area contributed by atoms with E-state index in [4.69, 9.17) is 9.47 Å². The Kier molecular flexibility index (Phi) is 9.09. The number of phenolic OH excluding ortho intramolecular Hbond substituents is 1. The number of nitrogens with zero attached hydrogens (tertiary/aromatic N) is 1. The van der Waals surface area contributed by atoms with Crippen LogP contribution in [0.25, 0.3) is 10.1 Å². The Labute approximate surface area is 201 Å². The summed E-state index contributed by atoms with van der Waals surface area (Å²) in [6.07, 6.45) is 6.06. The van der Waals surface area contributed by atoms with Gasteiger partial charge in [-0.05, 0) is 87.2 Å². The summed E-state index contributed by atoms with van der Waals surface area (Å²) in [5, 5.41) is 10.9. The minimum Gasteiger partial charge on any atom is -0.508 e. The van der Waals surface area contributed by atoms with E-state index in [0.29, 0.717) is 11.7 Å². The standard InChI is InChI=1S/C26H33NO3S.ClH/c1-19(2)6-13-24-26(23-12-7-20(28)18-25(23)31-24)30-22-10-8-21(9-11-22)29-17-16-27-14-4-3-5-15-27;/h7-12,18-19,28H,3-6,13-17H2,1-2H3;1H. The van der Waals surface area contributed by atoms with Gasteiger partial charge in [0.2, 0.25) is 0 Å². The fraction of sp³-hybridized carbons (Fsp3) is 0.462. The lowest BCUT2D eigenvalue weighted by atomic mass is 10.1. The highest BCUT2D eigenvalue weighted by atomic mass is 35.5. The van der Waals surface area contributed by atoms with Crippen LogP contribution in [0, 0.1) is 5.92 Å². The molecule has 0 spiro atoms. The van der Waals surface area contributed by atoms with Crippen molar-refractivity contribution in [2.24, 2.45) is 5.92 Å². The van der Waals surface area contributed by atoms with Crippen molar-refractivity contribution < 1.29 is 14.6 Å². The summed E-state index contributed by atoms with van der Waals surface area (Å²) in [6.45, 7) is 8.58. The largest absolute Gasteiger partial charge is 0.508 e. The van der Waals surface area contributed by atoms with Crippen LogP contribution in [0.1, 0.15) is 44.4 Å². The first-order chi connectivity index (χ1) is 15.1. The van der Waals surface area contributed by atoms with Crippen molar-refractivity contribution >= 4 is 33.8 Å². The Balaban J connectivity index is 0.00000289. The third-order valence-corrected chi connectivity index (χ3v) is 7.01. The van der Waals surface area contributed by atoms with Crippen molar-refractivity contribution in [3.8, 4) is 23.0 Å². The SMILES string of the molecule is CC(C)CCc1sc2cc(O)ccc2c1Oc1ccc(OCCN2CCCCC2)cc1.Cl. The smallest absolute Gasteiger partial charge is 0.149 e. The van der Waals surface area contributed by atoms with Crippen LogP contribution in [0.3, 0.4) is 0 Å². The second-order valence-electron chi connectivity index (χ2n) is 8.79. The van der Waals surface area contributed by atoms with Gasteiger partial charge in [0.05, 0.1) is 0 Å². The summed E-state index contributed by atoms with van der Waals surface area (Å²) in [4.78, 5) is 3.72. The molecule has 6 heteroatoms. The molecule has 4 rings (SSSR count). The van der Waals surface area contributed by atoms with Crippen LogP contribution in [0.5, 0.6) is 23.0 Å². The van der Waals surface area contributed by atoms with Gasteiger partial charge in [0.15, 0.2) is 0 Å². The van der Waals surface area contributed by atoms with Crippen LogP contribution in [0.2, 0.25) is 0 Å². The molecule has 0 radical (unpaired) electrons. The number of thiophene rings is 1. The van der Waals surface area contributed by atoms with Crippen molar-refractivity contribution in [1.82, 2.24) is 4.90 Å². The van der Waals surface area contributed by atoms with Crippen LogP contribution in [0.4, 0.5) is 0 Å². The van der Waals surface area contributed by atoms with E-state index in [9.17, 15) is 5.11 Å². The fourth-order valence-corrected chi connectivity index (χ4v) is 5.19. The van der Waals surface area contributed by atoms with E-state index in [2.05, 4.69) is 18.7 Å². The lowest BCUT2D eigenvalue weighted by Crippen LogP contribution is -2.33. The van der Waals surface area contributed by atoms with Gasteiger partial charge in [-0.1, -0.05) is 20.3 Å². The van der Waals surface area contributed by atoms with Gasteiger partial charge in [-0.15, -0.1) is 23.7 Å². The van der Waals surface area contributed by atoms with E-state index < -0.39 is 0 Å². The predicted octanol–water partition coefficient (Wildman–Crippen LogP) is 7.27. The van der Waals surface area contributed by atoms with Gasteiger partial charge in [0.1, 0.15) is 29.6 Å². The second kappa shape index (κ2) is 11.8. The Morgan fingerprint density at radius 1 is 1.00 bits per heavy atom. The highest BCUT2D eigenvalue weighted by Gasteiger charge is 2.16. The average molecular weight is 476 g/mol. The maximum Gasteiger partial charge on any atom is 0.149 e. The number of ether oxygens (including phenoxy) is 2. The summed E-state index contributed by atoms with van der Waals surface area (Å²) in [6, 6.07) is 13.4. The maximum absolute atomic E-state index is 9.87.